The van der Waals surface area contributed by atoms with Crippen molar-refractivity contribution in [3.63, 3.8) is 0 Å². The van der Waals surface area contributed by atoms with E-state index in [4.69, 9.17) is 11.6 Å². The van der Waals surface area contributed by atoms with Gasteiger partial charge >= 0.3 is 6.09 Å². The van der Waals surface area contributed by atoms with E-state index in [1.165, 1.54) is 4.90 Å². The predicted molar refractivity (Wildman–Crippen MR) is 117 cm³/mol. The van der Waals surface area contributed by atoms with Gasteiger partial charge in [-0.3, -0.25) is 9.88 Å². The van der Waals surface area contributed by atoms with Gasteiger partial charge in [-0.05, 0) is 29.3 Å². The molecule has 1 aromatic heterocycles. The highest BCUT2D eigenvalue weighted by Gasteiger charge is 2.30. The first-order valence-electron chi connectivity index (χ1n) is 9.41. The van der Waals surface area contributed by atoms with Crippen LogP contribution in [0, 0.1) is 0 Å². The van der Waals surface area contributed by atoms with Gasteiger partial charge in [0.1, 0.15) is 11.3 Å². The van der Waals surface area contributed by atoms with Crippen molar-refractivity contribution in [1.82, 2.24) is 9.88 Å². The van der Waals surface area contributed by atoms with E-state index in [1.54, 1.807) is 24.4 Å². The lowest BCUT2D eigenvalue weighted by atomic mass is 9.94. The Bertz CT molecular complexity index is 1180. The minimum atomic E-state index is -1.11. The average molecular weight is 419 g/mol. The van der Waals surface area contributed by atoms with E-state index in [0.29, 0.717) is 21.5 Å². The first-order chi connectivity index (χ1) is 14.6. The molecule has 3 aromatic carbocycles. The lowest BCUT2D eigenvalue weighted by molar-refractivity contribution is 0.128. The number of hydrogen-bond acceptors (Lipinski definition) is 3. The van der Waals surface area contributed by atoms with E-state index in [2.05, 4.69) is 4.98 Å². The molecule has 5 nitrogen and oxygen atoms in total. The number of pyridine rings is 1. The van der Waals surface area contributed by atoms with Crippen molar-refractivity contribution >= 4 is 28.6 Å². The van der Waals surface area contributed by atoms with Crippen molar-refractivity contribution in [1.29, 1.82) is 0 Å². The van der Waals surface area contributed by atoms with Gasteiger partial charge < -0.3 is 10.2 Å². The fourth-order valence-electron chi connectivity index (χ4n) is 3.63. The number of amides is 1. The van der Waals surface area contributed by atoms with Gasteiger partial charge in [-0.25, -0.2) is 4.79 Å². The molecule has 1 unspecified atom stereocenters. The number of carbonyl (C=O) groups is 1. The third kappa shape index (κ3) is 3.80. The minimum Gasteiger partial charge on any atom is -0.505 e. The summed E-state index contributed by atoms with van der Waals surface area (Å²) in [5.74, 6) is -0.0804. The van der Waals surface area contributed by atoms with Crippen LogP contribution in [0.2, 0.25) is 5.02 Å². The smallest absolute Gasteiger partial charge is 0.408 e. The Labute approximate surface area is 178 Å². The van der Waals surface area contributed by atoms with E-state index in [1.807, 2.05) is 60.7 Å². The molecule has 0 aliphatic carbocycles. The van der Waals surface area contributed by atoms with Crippen LogP contribution in [0.4, 0.5) is 4.79 Å². The Kier molecular flexibility index (Phi) is 5.55. The van der Waals surface area contributed by atoms with Crippen LogP contribution in [0.15, 0.2) is 85.1 Å². The number of benzene rings is 3. The van der Waals surface area contributed by atoms with Crippen LogP contribution in [-0.2, 0) is 6.54 Å². The van der Waals surface area contributed by atoms with E-state index < -0.39 is 12.1 Å². The van der Waals surface area contributed by atoms with Crippen molar-refractivity contribution in [3.05, 3.63) is 107 Å². The van der Waals surface area contributed by atoms with Crippen LogP contribution in [0.1, 0.15) is 22.7 Å². The number of aromatic nitrogens is 1. The van der Waals surface area contributed by atoms with Crippen LogP contribution in [0.5, 0.6) is 5.75 Å². The molecule has 150 valence electrons. The summed E-state index contributed by atoms with van der Waals surface area (Å²) in [5, 5.41) is 22.2. The van der Waals surface area contributed by atoms with Crippen LogP contribution >= 0.6 is 11.6 Å². The molecule has 0 fully saturated rings. The standard InChI is InChI=1S/C24H19ClN2O3/c25-20-14-19(23(28)21-18(20)12-7-13-26-21)22(17-10-5-2-6-11-17)27(24(29)30)15-16-8-3-1-4-9-16/h1-14,22,28H,15H2,(H,29,30). The number of carboxylic acid groups (broad SMARTS) is 1. The van der Waals surface area contributed by atoms with E-state index in [9.17, 15) is 15.0 Å². The Hall–Kier alpha value is -3.57. The van der Waals surface area contributed by atoms with Crippen molar-refractivity contribution < 1.29 is 15.0 Å². The fourth-order valence-corrected chi connectivity index (χ4v) is 3.90. The molecule has 2 N–H and O–H groups in total. The summed E-state index contributed by atoms with van der Waals surface area (Å²) in [6.07, 6.45) is 0.461. The monoisotopic (exact) mass is 418 g/mol. The number of halogens is 1. The summed E-state index contributed by atoms with van der Waals surface area (Å²) >= 11 is 6.49. The van der Waals surface area contributed by atoms with Gasteiger partial charge in [0.05, 0.1) is 11.1 Å². The second-order valence-electron chi connectivity index (χ2n) is 6.91. The third-order valence-corrected chi connectivity index (χ3v) is 5.32. The third-order valence-electron chi connectivity index (χ3n) is 5.01. The summed E-state index contributed by atoms with van der Waals surface area (Å²) in [6, 6.07) is 22.9. The molecule has 0 bridgehead atoms. The average Bonchev–Trinajstić information content (AvgIpc) is 2.78. The molecule has 0 aliphatic rings. The Morgan fingerprint density at radius 2 is 1.67 bits per heavy atom. The van der Waals surface area contributed by atoms with Gasteiger partial charge in [0, 0.05) is 23.7 Å². The van der Waals surface area contributed by atoms with Crippen LogP contribution in [0.25, 0.3) is 10.9 Å². The number of aromatic hydroxyl groups is 1. The Balaban J connectivity index is 1.92. The number of nitrogens with zero attached hydrogens (tertiary/aromatic N) is 2. The molecule has 4 rings (SSSR count). The molecule has 0 saturated heterocycles. The number of phenolic OH excluding ortho intramolecular Hbond substituents is 1. The summed E-state index contributed by atoms with van der Waals surface area (Å²) < 4.78 is 0. The van der Waals surface area contributed by atoms with Crippen molar-refractivity contribution in [2.24, 2.45) is 0 Å². The number of fused-ring (bicyclic) bond motifs is 1. The largest absolute Gasteiger partial charge is 0.505 e. The lowest BCUT2D eigenvalue weighted by Crippen LogP contribution is -2.34. The second kappa shape index (κ2) is 8.43. The van der Waals surface area contributed by atoms with Crippen LogP contribution in [0.3, 0.4) is 0 Å². The summed E-state index contributed by atoms with van der Waals surface area (Å²) in [6.45, 7) is 0.146. The molecule has 1 atom stereocenters. The topological polar surface area (TPSA) is 73.7 Å². The summed E-state index contributed by atoms with van der Waals surface area (Å²) in [7, 11) is 0. The van der Waals surface area contributed by atoms with Crippen molar-refractivity contribution in [2.45, 2.75) is 12.6 Å². The Morgan fingerprint density at radius 3 is 2.33 bits per heavy atom. The van der Waals surface area contributed by atoms with Gasteiger partial charge in [-0.15, -0.1) is 0 Å². The van der Waals surface area contributed by atoms with Crippen LogP contribution in [-0.4, -0.2) is 26.2 Å². The molecule has 6 heteroatoms. The second-order valence-corrected chi connectivity index (χ2v) is 7.31. The highest BCUT2D eigenvalue weighted by atomic mass is 35.5. The molecule has 4 aromatic rings. The first-order valence-corrected chi connectivity index (χ1v) is 9.78. The maximum atomic E-state index is 12.3. The number of rotatable bonds is 5. The van der Waals surface area contributed by atoms with E-state index >= 15 is 0 Å². The zero-order valence-corrected chi connectivity index (χ0v) is 16.7. The first kappa shape index (κ1) is 19.7. The molecule has 1 amide bonds. The van der Waals surface area contributed by atoms with Gasteiger partial charge in [-0.1, -0.05) is 72.3 Å². The molecule has 0 saturated carbocycles. The molecule has 1 heterocycles. The maximum absolute atomic E-state index is 12.3. The number of phenols is 1. The minimum absolute atomic E-state index is 0.0804. The SMILES string of the molecule is O=C(O)N(Cc1ccccc1)C(c1ccccc1)c1cc(Cl)c2cccnc2c1O. The lowest BCUT2D eigenvalue weighted by Gasteiger charge is -2.31. The van der Waals surface area contributed by atoms with E-state index in [-0.39, 0.29) is 12.3 Å². The highest BCUT2D eigenvalue weighted by Crippen LogP contribution is 2.41. The molecular formula is C24H19ClN2O3. The van der Waals surface area contributed by atoms with Gasteiger partial charge in [0.25, 0.3) is 0 Å². The Morgan fingerprint density at radius 1 is 1.00 bits per heavy atom. The van der Waals surface area contributed by atoms with Gasteiger partial charge in [0.2, 0.25) is 0 Å². The summed E-state index contributed by atoms with van der Waals surface area (Å²) in [4.78, 5) is 17.9. The quantitative estimate of drug-likeness (QED) is 0.425. The molecule has 30 heavy (non-hydrogen) atoms. The zero-order chi connectivity index (χ0) is 21.1. The van der Waals surface area contributed by atoms with Crippen molar-refractivity contribution in [3.8, 4) is 5.75 Å². The number of hydrogen-bond donors (Lipinski definition) is 2. The van der Waals surface area contributed by atoms with Crippen LogP contribution < -0.4 is 0 Å². The van der Waals surface area contributed by atoms with Gasteiger partial charge in [-0.2, -0.15) is 0 Å². The van der Waals surface area contributed by atoms with Crippen molar-refractivity contribution in [2.75, 3.05) is 0 Å². The fraction of sp³-hybridized carbons (Fsp3) is 0.0833. The molecule has 0 spiro atoms. The highest BCUT2D eigenvalue weighted by molar-refractivity contribution is 6.35. The normalized spacial score (nSPS) is 11.9. The van der Waals surface area contributed by atoms with E-state index in [0.717, 1.165) is 11.1 Å². The predicted octanol–water partition coefficient (Wildman–Crippen LogP) is 5.86. The summed E-state index contributed by atoms with van der Waals surface area (Å²) in [5.41, 5.74) is 2.28. The van der Waals surface area contributed by atoms with Gasteiger partial charge in [0.15, 0.2) is 0 Å². The molecular weight excluding hydrogens is 400 g/mol. The molecule has 0 radical (unpaired) electrons. The maximum Gasteiger partial charge on any atom is 0.408 e. The molecule has 0 aliphatic heterocycles. The zero-order valence-electron chi connectivity index (χ0n) is 15.9.